The molecule has 20 heavy (non-hydrogen) atoms. The van der Waals surface area contributed by atoms with Crippen molar-refractivity contribution < 1.29 is 9.53 Å². The van der Waals surface area contributed by atoms with Crippen LogP contribution in [0.1, 0.15) is 60.3 Å². The van der Waals surface area contributed by atoms with Crippen molar-refractivity contribution in [3.63, 3.8) is 0 Å². The van der Waals surface area contributed by atoms with E-state index < -0.39 is 5.60 Å². The van der Waals surface area contributed by atoms with Crippen molar-refractivity contribution in [2.75, 3.05) is 13.1 Å². The predicted octanol–water partition coefficient (Wildman–Crippen LogP) is 4.32. The van der Waals surface area contributed by atoms with E-state index in [1.54, 1.807) is 0 Å². The second kappa shape index (κ2) is 5.95. The molecule has 0 aromatic heterocycles. The van der Waals surface area contributed by atoms with Crippen LogP contribution in [0.5, 0.6) is 0 Å². The summed E-state index contributed by atoms with van der Waals surface area (Å²) in [5, 5.41) is 0. The highest BCUT2D eigenvalue weighted by Gasteiger charge is 2.41. The molecule has 1 saturated carbocycles. The zero-order valence-corrected chi connectivity index (χ0v) is 13.8. The molecule has 116 valence electrons. The average Bonchev–Trinajstić information content (AvgIpc) is 2.35. The van der Waals surface area contributed by atoms with Crippen molar-refractivity contribution in [2.24, 2.45) is 23.7 Å². The first-order chi connectivity index (χ1) is 9.28. The summed E-state index contributed by atoms with van der Waals surface area (Å²) in [6.45, 7) is 12.2. The maximum absolute atomic E-state index is 12.4. The molecule has 0 bridgehead atoms. The number of nitrogens with zero attached hydrogens (tertiary/aromatic N) is 1. The van der Waals surface area contributed by atoms with Gasteiger partial charge in [-0.25, -0.2) is 4.79 Å². The van der Waals surface area contributed by atoms with Gasteiger partial charge >= 0.3 is 6.09 Å². The van der Waals surface area contributed by atoms with Gasteiger partial charge in [-0.2, -0.15) is 0 Å². The zero-order valence-electron chi connectivity index (χ0n) is 13.8. The van der Waals surface area contributed by atoms with Crippen molar-refractivity contribution in [3.05, 3.63) is 0 Å². The van der Waals surface area contributed by atoms with Gasteiger partial charge in [0.25, 0.3) is 0 Å². The monoisotopic (exact) mass is 281 g/mol. The van der Waals surface area contributed by atoms with Gasteiger partial charge in [0.15, 0.2) is 0 Å². The minimum Gasteiger partial charge on any atom is -0.444 e. The van der Waals surface area contributed by atoms with Crippen LogP contribution in [0.3, 0.4) is 0 Å². The van der Waals surface area contributed by atoms with Crippen molar-refractivity contribution >= 4 is 6.09 Å². The number of piperidine rings is 1. The first kappa shape index (κ1) is 15.7. The zero-order chi connectivity index (χ0) is 14.9. The third-order valence-electron chi connectivity index (χ3n) is 4.91. The fourth-order valence-electron chi connectivity index (χ4n) is 3.95. The van der Waals surface area contributed by atoms with Gasteiger partial charge in [-0.05, 0) is 57.3 Å². The Morgan fingerprint density at radius 3 is 2.40 bits per heavy atom. The third-order valence-corrected chi connectivity index (χ3v) is 4.91. The number of ether oxygens (including phenoxy) is 1. The smallest absolute Gasteiger partial charge is 0.410 e. The van der Waals surface area contributed by atoms with Crippen molar-refractivity contribution in [3.8, 4) is 0 Å². The van der Waals surface area contributed by atoms with E-state index in [0.29, 0.717) is 17.8 Å². The Labute approximate surface area is 124 Å². The van der Waals surface area contributed by atoms with E-state index in [1.165, 1.54) is 25.7 Å². The van der Waals surface area contributed by atoms with Crippen LogP contribution in [0.2, 0.25) is 0 Å². The first-order valence-corrected chi connectivity index (χ1v) is 8.26. The van der Waals surface area contributed by atoms with Gasteiger partial charge in [0.1, 0.15) is 5.60 Å². The van der Waals surface area contributed by atoms with E-state index >= 15 is 0 Å². The largest absolute Gasteiger partial charge is 0.444 e. The molecule has 3 atom stereocenters. The van der Waals surface area contributed by atoms with E-state index in [9.17, 15) is 4.79 Å². The summed E-state index contributed by atoms with van der Waals surface area (Å²) < 4.78 is 5.57. The Morgan fingerprint density at radius 2 is 1.80 bits per heavy atom. The summed E-state index contributed by atoms with van der Waals surface area (Å²) in [7, 11) is 0. The van der Waals surface area contributed by atoms with Crippen LogP contribution >= 0.6 is 0 Å². The van der Waals surface area contributed by atoms with E-state index in [-0.39, 0.29) is 6.09 Å². The molecule has 2 aliphatic rings. The first-order valence-electron chi connectivity index (χ1n) is 8.26. The van der Waals surface area contributed by atoms with Gasteiger partial charge in [0.2, 0.25) is 0 Å². The molecule has 2 fully saturated rings. The third kappa shape index (κ3) is 3.67. The maximum Gasteiger partial charge on any atom is 0.410 e. The molecule has 3 nitrogen and oxygen atoms in total. The number of carbonyl (C=O) groups is 1. The lowest BCUT2D eigenvalue weighted by atomic mass is 9.66. The fourth-order valence-corrected chi connectivity index (χ4v) is 3.95. The second-order valence-corrected chi connectivity index (χ2v) is 8.00. The molecule has 1 heterocycles. The molecule has 1 aliphatic heterocycles. The molecule has 0 spiro atoms. The highest BCUT2D eigenvalue weighted by molar-refractivity contribution is 5.68. The van der Waals surface area contributed by atoms with Crippen LogP contribution in [0.4, 0.5) is 4.79 Å². The Balaban J connectivity index is 2.07. The van der Waals surface area contributed by atoms with Crippen LogP contribution < -0.4 is 0 Å². The Hall–Kier alpha value is -0.730. The van der Waals surface area contributed by atoms with Crippen LogP contribution in [0, 0.1) is 23.7 Å². The summed E-state index contributed by atoms with van der Waals surface area (Å²) in [4.78, 5) is 14.3. The van der Waals surface area contributed by atoms with Gasteiger partial charge in [-0.3, -0.25) is 0 Å². The Kier molecular flexibility index (Phi) is 4.66. The number of amides is 1. The SMILES string of the molecule is CC(C)[C@@H]1CN(C(=O)OC(C)(C)C)C[C@@H]2CCCC[C@@H]21. The fraction of sp³-hybridized carbons (Fsp3) is 0.941. The Morgan fingerprint density at radius 1 is 1.15 bits per heavy atom. The molecule has 0 radical (unpaired) electrons. The normalized spacial score (nSPS) is 31.1. The molecule has 0 N–H and O–H groups in total. The van der Waals surface area contributed by atoms with E-state index in [1.807, 2.05) is 25.7 Å². The Bertz CT molecular complexity index is 345. The van der Waals surface area contributed by atoms with E-state index in [2.05, 4.69) is 13.8 Å². The lowest BCUT2D eigenvalue weighted by Crippen LogP contribution is -2.52. The van der Waals surface area contributed by atoms with Crippen molar-refractivity contribution in [1.29, 1.82) is 0 Å². The standard InChI is InChI=1S/C17H31NO2/c1-12(2)15-11-18(16(19)20-17(3,4)5)10-13-8-6-7-9-14(13)15/h12-15H,6-11H2,1-5H3/t13-,14-,15-/m0/s1. The van der Waals surface area contributed by atoms with Crippen LogP contribution in [0.15, 0.2) is 0 Å². The highest BCUT2D eigenvalue weighted by Crippen LogP contribution is 2.42. The lowest BCUT2D eigenvalue weighted by Gasteiger charge is -2.47. The molecule has 3 heteroatoms. The lowest BCUT2D eigenvalue weighted by molar-refractivity contribution is -0.0195. The van der Waals surface area contributed by atoms with Crippen LogP contribution in [-0.4, -0.2) is 29.7 Å². The summed E-state index contributed by atoms with van der Waals surface area (Å²) in [5.74, 6) is 2.80. The number of hydrogen-bond donors (Lipinski definition) is 0. The molecule has 0 aromatic rings. The number of likely N-dealkylation sites (tertiary alicyclic amines) is 1. The summed E-state index contributed by atoms with van der Waals surface area (Å²) >= 11 is 0. The van der Waals surface area contributed by atoms with Crippen molar-refractivity contribution in [2.45, 2.75) is 65.9 Å². The molecule has 1 aliphatic carbocycles. The predicted molar refractivity (Wildman–Crippen MR) is 81.6 cm³/mol. The molecule has 0 aromatic carbocycles. The van der Waals surface area contributed by atoms with Gasteiger partial charge < -0.3 is 9.64 Å². The van der Waals surface area contributed by atoms with Crippen molar-refractivity contribution in [1.82, 2.24) is 4.90 Å². The molecule has 0 unspecified atom stereocenters. The minimum absolute atomic E-state index is 0.118. The van der Waals surface area contributed by atoms with E-state index in [0.717, 1.165) is 19.0 Å². The van der Waals surface area contributed by atoms with Crippen LogP contribution in [0.25, 0.3) is 0 Å². The molecule has 1 amide bonds. The number of carbonyl (C=O) groups excluding carboxylic acids is 1. The number of hydrogen-bond acceptors (Lipinski definition) is 2. The average molecular weight is 281 g/mol. The summed E-state index contributed by atoms with van der Waals surface area (Å²) in [5.41, 5.74) is -0.395. The summed E-state index contributed by atoms with van der Waals surface area (Å²) in [6.07, 6.45) is 5.22. The van der Waals surface area contributed by atoms with Crippen LogP contribution in [-0.2, 0) is 4.74 Å². The topological polar surface area (TPSA) is 29.5 Å². The number of rotatable bonds is 1. The van der Waals surface area contributed by atoms with E-state index in [4.69, 9.17) is 4.74 Å². The molecule has 1 saturated heterocycles. The number of fused-ring (bicyclic) bond motifs is 1. The van der Waals surface area contributed by atoms with Gasteiger partial charge in [-0.15, -0.1) is 0 Å². The highest BCUT2D eigenvalue weighted by atomic mass is 16.6. The quantitative estimate of drug-likeness (QED) is 0.716. The maximum atomic E-state index is 12.4. The van der Waals surface area contributed by atoms with Gasteiger partial charge in [0.05, 0.1) is 0 Å². The molecular weight excluding hydrogens is 250 g/mol. The molecular formula is C17H31NO2. The summed E-state index contributed by atoms with van der Waals surface area (Å²) in [6, 6.07) is 0. The second-order valence-electron chi connectivity index (χ2n) is 8.00. The minimum atomic E-state index is -0.395. The van der Waals surface area contributed by atoms with Gasteiger partial charge in [-0.1, -0.05) is 26.7 Å². The molecule has 2 rings (SSSR count). The van der Waals surface area contributed by atoms with Gasteiger partial charge in [0, 0.05) is 13.1 Å².